The Hall–Kier alpha value is -4.33. The number of rotatable bonds is 7. The summed E-state index contributed by atoms with van der Waals surface area (Å²) < 4.78 is 5.32. The van der Waals surface area contributed by atoms with Crippen molar-refractivity contribution in [3.8, 4) is 0 Å². The van der Waals surface area contributed by atoms with Crippen molar-refractivity contribution in [3.63, 3.8) is 0 Å². The molecule has 3 amide bonds. The number of hydrogen-bond acceptors (Lipinski definition) is 4. The normalized spacial score (nSPS) is 18.7. The quantitative estimate of drug-likeness (QED) is 0.348. The fourth-order valence-corrected chi connectivity index (χ4v) is 5.82. The van der Waals surface area contributed by atoms with Crippen molar-refractivity contribution < 1.29 is 18.8 Å². The highest BCUT2D eigenvalue weighted by Gasteiger charge is 2.49. The summed E-state index contributed by atoms with van der Waals surface area (Å²) in [6.45, 7) is 4.25. The minimum atomic E-state index is -0.751. The van der Waals surface area contributed by atoms with Gasteiger partial charge in [-0.15, -0.1) is 0 Å². The van der Waals surface area contributed by atoms with Crippen LogP contribution in [0, 0.1) is 5.92 Å². The summed E-state index contributed by atoms with van der Waals surface area (Å²) in [4.78, 5) is 45.9. The summed E-state index contributed by atoms with van der Waals surface area (Å²) in [7, 11) is 0. The summed E-state index contributed by atoms with van der Waals surface area (Å²) in [6.07, 6.45) is 2.39. The number of aromatic nitrogens is 1. The molecule has 3 atom stereocenters. The van der Waals surface area contributed by atoms with Crippen molar-refractivity contribution in [2.75, 3.05) is 0 Å². The predicted molar refractivity (Wildman–Crippen MR) is 142 cm³/mol. The Morgan fingerprint density at radius 2 is 1.87 bits per heavy atom. The molecule has 0 fully saturated rings. The number of para-hydroxylation sites is 1. The van der Waals surface area contributed by atoms with Gasteiger partial charge in [0, 0.05) is 28.6 Å². The van der Waals surface area contributed by atoms with Crippen molar-refractivity contribution in [1.29, 1.82) is 0 Å². The zero-order valence-corrected chi connectivity index (χ0v) is 21.4. The summed E-state index contributed by atoms with van der Waals surface area (Å²) in [5.41, 5.74) is 4.46. The molecule has 8 nitrogen and oxygen atoms in total. The maximum absolute atomic E-state index is 13.9. The molecule has 4 aromatic rings. The van der Waals surface area contributed by atoms with E-state index in [9.17, 15) is 14.4 Å². The first kappa shape index (κ1) is 24.0. The van der Waals surface area contributed by atoms with E-state index in [4.69, 9.17) is 4.42 Å². The highest BCUT2D eigenvalue weighted by atomic mass is 16.3. The number of nitrogens with zero attached hydrogens (tertiary/aromatic N) is 1. The van der Waals surface area contributed by atoms with Crippen LogP contribution in [0.5, 0.6) is 0 Å². The summed E-state index contributed by atoms with van der Waals surface area (Å²) in [5.74, 6) is 0.0327. The molecule has 6 rings (SSSR count). The second-order valence-electron chi connectivity index (χ2n) is 10.5. The molecule has 194 valence electrons. The van der Waals surface area contributed by atoms with Crippen molar-refractivity contribution in [2.45, 2.75) is 51.4 Å². The van der Waals surface area contributed by atoms with E-state index >= 15 is 0 Å². The van der Waals surface area contributed by atoms with Gasteiger partial charge in [0.2, 0.25) is 11.8 Å². The molecule has 2 aliphatic heterocycles. The molecule has 0 unspecified atom stereocenters. The molecule has 0 saturated heterocycles. The number of carbonyl (C=O) groups excluding carboxylic acids is 3. The number of fused-ring (bicyclic) bond motifs is 7. The molecule has 4 heterocycles. The van der Waals surface area contributed by atoms with Crippen LogP contribution in [0.25, 0.3) is 10.9 Å². The molecule has 8 heteroatoms. The maximum atomic E-state index is 13.9. The van der Waals surface area contributed by atoms with E-state index in [1.807, 2.05) is 62.4 Å². The zero-order valence-electron chi connectivity index (χ0n) is 21.4. The minimum absolute atomic E-state index is 0.169. The van der Waals surface area contributed by atoms with Gasteiger partial charge in [-0.05, 0) is 47.7 Å². The molecule has 0 aliphatic carbocycles. The van der Waals surface area contributed by atoms with Crippen LogP contribution in [0.15, 0.2) is 71.3 Å². The first-order valence-corrected chi connectivity index (χ1v) is 13.0. The number of amides is 3. The number of H-pyrrole nitrogens is 1. The van der Waals surface area contributed by atoms with Gasteiger partial charge in [0.15, 0.2) is 0 Å². The third-order valence-corrected chi connectivity index (χ3v) is 7.51. The molecule has 3 N–H and O–H groups in total. The van der Waals surface area contributed by atoms with Crippen LogP contribution < -0.4 is 10.6 Å². The van der Waals surface area contributed by atoms with Crippen LogP contribution in [0.1, 0.15) is 59.2 Å². The largest absolute Gasteiger partial charge is 0.467 e. The zero-order chi connectivity index (χ0) is 26.4. The molecule has 2 aliphatic rings. The number of nitrogens with one attached hydrogen (secondary N) is 3. The van der Waals surface area contributed by atoms with Gasteiger partial charge in [-0.1, -0.05) is 50.2 Å². The Morgan fingerprint density at radius 3 is 2.66 bits per heavy atom. The lowest BCUT2D eigenvalue weighted by Gasteiger charge is -2.37. The molecule has 0 spiro atoms. The third-order valence-electron chi connectivity index (χ3n) is 7.51. The first-order chi connectivity index (χ1) is 18.4. The van der Waals surface area contributed by atoms with E-state index in [0.717, 1.165) is 27.7 Å². The molecule has 0 saturated carbocycles. The lowest BCUT2D eigenvalue weighted by Crippen LogP contribution is -2.56. The minimum Gasteiger partial charge on any atom is -0.467 e. The molecule has 0 bridgehead atoms. The average Bonchev–Trinajstić information content (AvgIpc) is 3.63. The van der Waals surface area contributed by atoms with Crippen molar-refractivity contribution >= 4 is 28.6 Å². The average molecular weight is 511 g/mol. The van der Waals surface area contributed by atoms with Crippen molar-refractivity contribution in [3.05, 3.63) is 95.1 Å². The van der Waals surface area contributed by atoms with Gasteiger partial charge in [-0.3, -0.25) is 14.4 Å². The third kappa shape index (κ3) is 4.06. The van der Waals surface area contributed by atoms with Gasteiger partial charge in [0.25, 0.3) is 5.91 Å². The lowest BCUT2D eigenvalue weighted by atomic mass is 9.89. The number of hydrogen-bond donors (Lipinski definition) is 3. The fourth-order valence-electron chi connectivity index (χ4n) is 5.82. The second-order valence-corrected chi connectivity index (χ2v) is 10.5. The number of furan rings is 1. The SMILES string of the molecule is CC(C)C[C@H](NC(=O)[C@@H]1Cc2c([nH]c3ccccc23)[C@H]2c3ccccc3C(=O)N21)C(=O)NCc1ccco1. The van der Waals surface area contributed by atoms with E-state index in [1.165, 1.54) is 0 Å². The number of benzene rings is 2. The number of aromatic amines is 1. The Labute approximate surface area is 220 Å². The van der Waals surface area contributed by atoms with E-state index < -0.39 is 12.1 Å². The molecule has 2 aromatic heterocycles. The molecule has 2 aromatic carbocycles. The number of carbonyl (C=O) groups is 3. The van der Waals surface area contributed by atoms with Crippen molar-refractivity contribution in [1.82, 2.24) is 20.5 Å². The van der Waals surface area contributed by atoms with Gasteiger partial charge >= 0.3 is 0 Å². The standard InChI is InChI=1S/C30H30N4O4/c1-17(2)14-24(28(35)31-16-18-8-7-13-38-18)33-29(36)25-15-22-19-9-5-6-12-23(19)32-26(22)27-20-10-3-4-11-21(20)30(37)34(25)27/h3-13,17,24-25,27,32H,14-16H2,1-2H3,(H,31,35)(H,33,36)/t24-,25-,27+/m0/s1. The van der Waals surface area contributed by atoms with E-state index in [2.05, 4.69) is 15.6 Å². The van der Waals surface area contributed by atoms with Crippen molar-refractivity contribution in [2.24, 2.45) is 5.92 Å². The van der Waals surface area contributed by atoms with Gasteiger partial charge in [0.05, 0.1) is 18.8 Å². The lowest BCUT2D eigenvalue weighted by molar-refractivity contribution is -0.132. The van der Waals surface area contributed by atoms with Gasteiger partial charge in [-0.25, -0.2) is 0 Å². The van der Waals surface area contributed by atoms with E-state index in [-0.39, 0.29) is 36.2 Å². The van der Waals surface area contributed by atoms with E-state index in [0.29, 0.717) is 24.2 Å². The predicted octanol–water partition coefficient (Wildman–Crippen LogP) is 4.08. The van der Waals surface area contributed by atoms with Gasteiger partial charge in [0.1, 0.15) is 17.8 Å². The van der Waals surface area contributed by atoms with Crippen LogP contribution in [-0.2, 0) is 22.6 Å². The summed E-state index contributed by atoms with van der Waals surface area (Å²) >= 11 is 0. The maximum Gasteiger partial charge on any atom is 0.255 e. The Morgan fingerprint density at radius 1 is 1.08 bits per heavy atom. The van der Waals surface area contributed by atoms with Crippen LogP contribution >= 0.6 is 0 Å². The Bertz CT molecular complexity index is 1520. The van der Waals surface area contributed by atoms with Crippen LogP contribution in [-0.4, -0.2) is 39.7 Å². The molecule has 38 heavy (non-hydrogen) atoms. The molecular formula is C30H30N4O4. The van der Waals surface area contributed by atoms with E-state index in [1.54, 1.807) is 23.3 Å². The van der Waals surface area contributed by atoms with Crippen LogP contribution in [0.4, 0.5) is 0 Å². The van der Waals surface area contributed by atoms with Crippen LogP contribution in [0.2, 0.25) is 0 Å². The summed E-state index contributed by atoms with van der Waals surface area (Å²) in [6, 6.07) is 17.2. The second kappa shape index (κ2) is 9.52. The van der Waals surface area contributed by atoms with Gasteiger partial charge < -0.3 is 24.9 Å². The first-order valence-electron chi connectivity index (χ1n) is 13.0. The molecular weight excluding hydrogens is 480 g/mol. The topological polar surface area (TPSA) is 107 Å². The van der Waals surface area contributed by atoms with Crippen LogP contribution in [0.3, 0.4) is 0 Å². The smallest absolute Gasteiger partial charge is 0.255 e. The highest BCUT2D eigenvalue weighted by molar-refractivity contribution is 6.04. The monoisotopic (exact) mass is 510 g/mol. The molecule has 0 radical (unpaired) electrons. The highest BCUT2D eigenvalue weighted by Crippen LogP contribution is 2.46. The Kier molecular flexibility index (Phi) is 6.02. The van der Waals surface area contributed by atoms with Gasteiger partial charge in [-0.2, -0.15) is 0 Å². The Balaban J connectivity index is 1.33. The summed E-state index contributed by atoms with van der Waals surface area (Å²) in [5, 5.41) is 6.91. The fraction of sp³-hybridized carbons (Fsp3) is 0.300.